The third-order valence-corrected chi connectivity index (χ3v) is 5.57. The van der Waals surface area contributed by atoms with Crippen LogP contribution in [0, 0.1) is 0 Å². The molecular weight excluding hydrogens is 486 g/mol. The molecule has 0 fully saturated rings. The van der Waals surface area contributed by atoms with Crippen molar-refractivity contribution in [1.82, 2.24) is 25.2 Å². The Morgan fingerprint density at radius 1 is 0.921 bits per heavy atom. The van der Waals surface area contributed by atoms with E-state index < -0.39 is 6.09 Å². The molecule has 0 aliphatic heterocycles. The standard InChI is InChI=1S/C27H25N7O4/c1-34(2)26(36)18-6-7-23(30-13-18)22-12-19(14-31-24(22)28)16-8-9-29-21(10-16)15-32-25(35)17-4-3-5-20(11-17)33-27(37)38/h3-14,33H,15H2,1-2H3,(H2,28,31)(H,32,35)(H,37,38). The highest BCUT2D eigenvalue weighted by Crippen LogP contribution is 2.28. The normalized spacial score (nSPS) is 10.5. The van der Waals surface area contributed by atoms with Crippen molar-refractivity contribution < 1.29 is 19.5 Å². The zero-order valence-electron chi connectivity index (χ0n) is 20.7. The van der Waals surface area contributed by atoms with E-state index >= 15 is 0 Å². The first-order valence-corrected chi connectivity index (χ1v) is 11.5. The summed E-state index contributed by atoms with van der Waals surface area (Å²) in [7, 11) is 3.35. The number of pyridine rings is 3. The maximum Gasteiger partial charge on any atom is 0.409 e. The van der Waals surface area contributed by atoms with E-state index in [9.17, 15) is 14.4 Å². The molecule has 0 saturated carbocycles. The Morgan fingerprint density at radius 3 is 2.45 bits per heavy atom. The number of nitrogens with zero attached hydrogens (tertiary/aromatic N) is 4. The summed E-state index contributed by atoms with van der Waals surface area (Å²) in [5.41, 5.74) is 10.6. The summed E-state index contributed by atoms with van der Waals surface area (Å²) in [5.74, 6) is -0.219. The van der Waals surface area contributed by atoms with E-state index in [1.54, 1.807) is 56.8 Å². The number of aromatic nitrogens is 3. The molecule has 0 aliphatic carbocycles. The maximum atomic E-state index is 12.6. The van der Waals surface area contributed by atoms with Gasteiger partial charge in [0.05, 0.1) is 23.5 Å². The van der Waals surface area contributed by atoms with Gasteiger partial charge < -0.3 is 21.1 Å². The van der Waals surface area contributed by atoms with E-state index in [4.69, 9.17) is 10.8 Å². The van der Waals surface area contributed by atoms with Crippen molar-refractivity contribution in [2.24, 2.45) is 0 Å². The van der Waals surface area contributed by atoms with Gasteiger partial charge in [-0.05, 0) is 54.1 Å². The Morgan fingerprint density at radius 2 is 1.74 bits per heavy atom. The summed E-state index contributed by atoms with van der Waals surface area (Å²) in [6.45, 7) is 0.154. The lowest BCUT2D eigenvalue weighted by atomic mass is 10.0. The molecule has 0 spiro atoms. The summed E-state index contributed by atoms with van der Waals surface area (Å²) in [6.07, 6.45) is 3.56. The molecule has 0 radical (unpaired) electrons. The predicted octanol–water partition coefficient (Wildman–Crippen LogP) is 3.51. The number of rotatable bonds is 7. The van der Waals surface area contributed by atoms with Crippen molar-refractivity contribution in [2.75, 3.05) is 25.1 Å². The fourth-order valence-electron chi connectivity index (χ4n) is 3.67. The molecule has 3 aromatic heterocycles. The van der Waals surface area contributed by atoms with Gasteiger partial charge in [0.2, 0.25) is 0 Å². The van der Waals surface area contributed by atoms with Crippen LogP contribution < -0.4 is 16.4 Å². The molecule has 0 aliphatic rings. The second-order valence-electron chi connectivity index (χ2n) is 8.52. The monoisotopic (exact) mass is 511 g/mol. The second kappa shape index (κ2) is 11.2. The minimum absolute atomic E-state index is 0.148. The number of carbonyl (C=O) groups excluding carboxylic acids is 2. The predicted molar refractivity (Wildman–Crippen MR) is 142 cm³/mol. The minimum atomic E-state index is -1.21. The number of hydrogen-bond donors (Lipinski definition) is 4. The number of benzene rings is 1. The molecule has 0 saturated heterocycles. The molecule has 11 nitrogen and oxygen atoms in total. The minimum Gasteiger partial charge on any atom is -0.465 e. The lowest BCUT2D eigenvalue weighted by molar-refractivity contribution is 0.0826. The van der Waals surface area contributed by atoms with Gasteiger partial charge in [0, 0.05) is 55.1 Å². The number of carboxylic acid groups (broad SMARTS) is 1. The maximum absolute atomic E-state index is 12.6. The van der Waals surface area contributed by atoms with Gasteiger partial charge in [-0.2, -0.15) is 0 Å². The van der Waals surface area contributed by atoms with Crippen LogP contribution in [0.15, 0.2) is 73.2 Å². The first-order chi connectivity index (χ1) is 18.2. The van der Waals surface area contributed by atoms with Gasteiger partial charge in [-0.15, -0.1) is 0 Å². The van der Waals surface area contributed by atoms with Gasteiger partial charge >= 0.3 is 6.09 Å². The van der Waals surface area contributed by atoms with Gasteiger partial charge in [-0.25, -0.2) is 9.78 Å². The quantitative estimate of drug-likeness (QED) is 0.293. The van der Waals surface area contributed by atoms with Gasteiger partial charge in [0.15, 0.2) is 0 Å². The topological polar surface area (TPSA) is 163 Å². The van der Waals surface area contributed by atoms with Crippen LogP contribution in [0.5, 0.6) is 0 Å². The average molecular weight is 512 g/mol. The third-order valence-electron chi connectivity index (χ3n) is 5.57. The van der Waals surface area contributed by atoms with Crippen LogP contribution in [-0.4, -0.2) is 57.0 Å². The lowest BCUT2D eigenvalue weighted by Crippen LogP contribution is -2.23. The first kappa shape index (κ1) is 25.8. The van der Waals surface area contributed by atoms with Crippen molar-refractivity contribution in [3.8, 4) is 22.4 Å². The molecule has 0 unspecified atom stereocenters. The van der Waals surface area contributed by atoms with Crippen molar-refractivity contribution in [2.45, 2.75) is 6.54 Å². The van der Waals surface area contributed by atoms with E-state index in [0.717, 1.165) is 11.1 Å². The zero-order chi connectivity index (χ0) is 27.2. The fraction of sp³-hybridized carbons (Fsp3) is 0.111. The number of nitrogens with one attached hydrogen (secondary N) is 2. The molecule has 3 heterocycles. The second-order valence-corrected chi connectivity index (χ2v) is 8.52. The molecule has 1 aromatic carbocycles. The Balaban J connectivity index is 1.50. The van der Waals surface area contributed by atoms with E-state index in [1.165, 1.54) is 17.2 Å². The van der Waals surface area contributed by atoms with Crippen LogP contribution >= 0.6 is 0 Å². The molecule has 4 aromatic rings. The van der Waals surface area contributed by atoms with Gasteiger partial charge in [0.1, 0.15) is 5.82 Å². The summed E-state index contributed by atoms with van der Waals surface area (Å²) in [6, 6.07) is 15.1. The van der Waals surface area contributed by atoms with Gasteiger partial charge in [-0.1, -0.05) is 6.07 Å². The number of nitrogen functional groups attached to an aromatic ring is 1. The largest absolute Gasteiger partial charge is 0.465 e. The summed E-state index contributed by atoms with van der Waals surface area (Å²) in [4.78, 5) is 50.1. The number of amides is 3. The van der Waals surface area contributed by atoms with Crippen LogP contribution in [0.4, 0.5) is 16.3 Å². The van der Waals surface area contributed by atoms with Crippen molar-refractivity contribution in [3.63, 3.8) is 0 Å². The SMILES string of the molecule is CN(C)C(=O)c1ccc(-c2cc(-c3ccnc(CNC(=O)c4cccc(NC(=O)O)c4)c3)cnc2N)nc1. The van der Waals surface area contributed by atoms with Gasteiger partial charge in [0.25, 0.3) is 11.8 Å². The number of nitrogens with two attached hydrogens (primary N) is 1. The molecule has 0 atom stereocenters. The summed E-state index contributed by atoms with van der Waals surface area (Å²) in [5, 5.41) is 13.9. The number of anilines is 2. The van der Waals surface area contributed by atoms with E-state index in [2.05, 4.69) is 25.6 Å². The number of carbonyl (C=O) groups is 3. The van der Waals surface area contributed by atoms with Crippen LogP contribution in [0.3, 0.4) is 0 Å². The smallest absolute Gasteiger partial charge is 0.409 e. The molecule has 0 bridgehead atoms. The summed E-state index contributed by atoms with van der Waals surface area (Å²) < 4.78 is 0. The van der Waals surface area contributed by atoms with Crippen LogP contribution in [0.25, 0.3) is 22.4 Å². The number of hydrogen-bond acceptors (Lipinski definition) is 7. The van der Waals surface area contributed by atoms with Crippen LogP contribution in [0.2, 0.25) is 0 Å². The third kappa shape index (κ3) is 6.08. The highest BCUT2D eigenvalue weighted by atomic mass is 16.4. The van der Waals surface area contributed by atoms with E-state index in [0.29, 0.717) is 39.6 Å². The van der Waals surface area contributed by atoms with E-state index in [-0.39, 0.29) is 18.4 Å². The Hall–Kier alpha value is -5.32. The van der Waals surface area contributed by atoms with Crippen LogP contribution in [0.1, 0.15) is 26.4 Å². The Labute approximate surface area is 218 Å². The molecule has 3 amide bonds. The van der Waals surface area contributed by atoms with Gasteiger partial charge in [-0.3, -0.25) is 24.9 Å². The molecule has 192 valence electrons. The first-order valence-electron chi connectivity index (χ1n) is 11.5. The average Bonchev–Trinajstić information content (AvgIpc) is 2.91. The zero-order valence-corrected chi connectivity index (χ0v) is 20.7. The molecule has 38 heavy (non-hydrogen) atoms. The Kier molecular flexibility index (Phi) is 7.57. The molecule has 11 heteroatoms. The highest BCUT2D eigenvalue weighted by molar-refractivity contribution is 5.96. The molecule has 5 N–H and O–H groups in total. The van der Waals surface area contributed by atoms with Crippen molar-refractivity contribution >= 4 is 29.4 Å². The fourth-order valence-corrected chi connectivity index (χ4v) is 3.67. The molecular formula is C27H25N7O4. The van der Waals surface area contributed by atoms with Crippen molar-refractivity contribution in [3.05, 3.63) is 90.0 Å². The van der Waals surface area contributed by atoms with Crippen LogP contribution in [-0.2, 0) is 6.54 Å². The molecule has 4 rings (SSSR count). The lowest BCUT2D eigenvalue weighted by Gasteiger charge is -2.12. The van der Waals surface area contributed by atoms with Crippen molar-refractivity contribution in [1.29, 1.82) is 0 Å². The highest BCUT2D eigenvalue weighted by Gasteiger charge is 2.13. The Bertz CT molecular complexity index is 1500. The van der Waals surface area contributed by atoms with E-state index in [1.807, 2.05) is 18.2 Å². The summed E-state index contributed by atoms with van der Waals surface area (Å²) >= 11 is 0.